The third-order valence-corrected chi connectivity index (χ3v) is 1.58. The van der Waals surface area contributed by atoms with E-state index < -0.39 is 36.0 Å². The second kappa shape index (κ2) is 4.20. The van der Waals surface area contributed by atoms with Crippen LogP contribution in [0.3, 0.4) is 0 Å². The highest BCUT2D eigenvalue weighted by Gasteiger charge is 2.40. The molecule has 0 spiro atoms. The van der Waals surface area contributed by atoms with Crippen LogP contribution in [-0.2, 0) is 18.8 Å². The highest BCUT2D eigenvalue weighted by Crippen LogP contribution is 2.32. The van der Waals surface area contributed by atoms with Crippen LogP contribution >= 0.6 is 0 Å². The Morgan fingerprint density at radius 3 is 2.06 bits per heavy atom. The maximum atomic E-state index is 12.2. The fraction of sp³-hybridized carbons (Fsp3) is 0.375. The number of aromatic nitrogens is 2. The van der Waals surface area contributed by atoms with Gasteiger partial charge in [-0.2, -0.15) is 31.6 Å². The SMILES string of the molecule is N#CCc1cc(C(F)(F)F)nc(C(F)(F)F)n1. The molecule has 1 aromatic rings. The number of nitrogens with zero attached hydrogens (tertiary/aromatic N) is 3. The molecule has 3 nitrogen and oxygen atoms in total. The van der Waals surface area contributed by atoms with Crippen molar-refractivity contribution in [1.29, 1.82) is 5.26 Å². The monoisotopic (exact) mass is 255 g/mol. The molecule has 17 heavy (non-hydrogen) atoms. The molecule has 0 aliphatic carbocycles. The molecular formula is C8H3F6N3. The van der Waals surface area contributed by atoms with Gasteiger partial charge >= 0.3 is 12.4 Å². The lowest BCUT2D eigenvalue weighted by atomic mass is 10.2. The summed E-state index contributed by atoms with van der Waals surface area (Å²) in [6.45, 7) is 0. The van der Waals surface area contributed by atoms with E-state index >= 15 is 0 Å². The average Bonchev–Trinajstić information content (AvgIpc) is 2.15. The predicted molar refractivity (Wildman–Crippen MR) is 41.4 cm³/mol. The van der Waals surface area contributed by atoms with Crippen LogP contribution in [0.1, 0.15) is 17.2 Å². The quantitative estimate of drug-likeness (QED) is 0.724. The fourth-order valence-electron chi connectivity index (χ4n) is 0.941. The first-order chi connectivity index (χ1) is 7.64. The van der Waals surface area contributed by atoms with Crippen LogP contribution in [0.15, 0.2) is 6.07 Å². The number of hydrogen-bond donors (Lipinski definition) is 0. The third kappa shape index (κ3) is 3.30. The minimum absolute atomic E-state index is 0.318. The number of rotatable bonds is 1. The van der Waals surface area contributed by atoms with E-state index in [0.29, 0.717) is 6.07 Å². The van der Waals surface area contributed by atoms with Crippen molar-refractivity contribution in [1.82, 2.24) is 9.97 Å². The Labute approximate surface area is 90.7 Å². The van der Waals surface area contributed by atoms with Crippen molar-refractivity contribution in [3.8, 4) is 6.07 Å². The summed E-state index contributed by atoms with van der Waals surface area (Å²) in [7, 11) is 0. The molecule has 0 bridgehead atoms. The van der Waals surface area contributed by atoms with E-state index in [-0.39, 0.29) is 0 Å². The molecule has 1 heterocycles. The predicted octanol–water partition coefficient (Wildman–Crippen LogP) is 2.58. The minimum atomic E-state index is -5.09. The summed E-state index contributed by atoms with van der Waals surface area (Å²) in [5, 5.41) is 8.23. The Balaban J connectivity index is 3.35. The van der Waals surface area contributed by atoms with E-state index in [0.717, 1.165) is 0 Å². The Bertz CT molecular complexity index is 424. The molecule has 0 saturated heterocycles. The van der Waals surface area contributed by atoms with Gasteiger partial charge in [-0.25, -0.2) is 9.97 Å². The van der Waals surface area contributed by atoms with Crippen molar-refractivity contribution in [2.45, 2.75) is 18.8 Å². The summed E-state index contributed by atoms with van der Waals surface area (Å²) in [5.74, 6) is -1.91. The Kier molecular flexibility index (Phi) is 3.26. The van der Waals surface area contributed by atoms with Crippen molar-refractivity contribution in [3.63, 3.8) is 0 Å². The molecule has 0 unspecified atom stereocenters. The summed E-state index contributed by atoms with van der Waals surface area (Å²) in [6.07, 6.45) is -10.8. The van der Waals surface area contributed by atoms with Crippen LogP contribution in [0.25, 0.3) is 0 Å². The van der Waals surface area contributed by atoms with Crippen LogP contribution in [-0.4, -0.2) is 9.97 Å². The van der Waals surface area contributed by atoms with Crippen LogP contribution in [0.2, 0.25) is 0 Å². The van der Waals surface area contributed by atoms with Crippen LogP contribution in [0.4, 0.5) is 26.3 Å². The summed E-state index contributed by atoms with van der Waals surface area (Å²) >= 11 is 0. The van der Waals surface area contributed by atoms with Gasteiger partial charge in [0.2, 0.25) is 5.82 Å². The number of hydrogen-bond acceptors (Lipinski definition) is 3. The van der Waals surface area contributed by atoms with Crippen molar-refractivity contribution >= 4 is 0 Å². The molecule has 0 amide bonds. The van der Waals surface area contributed by atoms with Gasteiger partial charge in [0, 0.05) is 0 Å². The van der Waals surface area contributed by atoms with Crippen molar-refractivity contribution in [2.75, 3.05) is 0 Å². The molecule has 0 aliphatic heterocycles. The van der Waals surface area contributed by atoms with Gasteiger partial charge in [0.15, 0.2) is 0 Å². The van der Waals surface area contributed by atoms with Gasteiger partial charge in [0.1, 0.15) is 5.69 Å². The molecule has 0 N–H and O–H groups in total. The van der Waals surface area contributed by atoms with E-state index in [2.05, 4.69) is 9.97 Å². The summed E-state index contributed by atoms with van der Waals surface area (Å²) in [6, 6.07) is 1.73. The van der Waals surface area contributed by atoms with E-state index in [4.69, 9.17) is 5.26 Å². The third-order valence-electron chi connectivity index (χ3n) is 1.58. The van der Waals surface area contributed by atoms with Gasteiger partial charge in [-0.3, -0.25) is 0 Å². The summed E-state index contributed by atoms with van der Waals surface area (Å²) < 4.78 is 73.3. The second-order valence-corrected chi connectivity index (χ2v) is 2.90. The average molecular weight is 255 g/mol. The van der Waals surface area contributed by atoms with Gasteiger partial charge < -0.3 is 0 Å². The van der Waals surface area contributed by atoms with Crippen molar-refractivity contribution < 1.29 is 26.3 Å². The molecule has 0 aliphatic rings. The first-order valence-corrected chi connectivity index (χ1v) is 4.04. The van der Waals surface area contributed by atoms with Crippen molar-refractivity contribution in [2.24, 2.45) is 0 Å². The van der Waals surface area contributed by atoms with Gasteiger partial charge in [-0.15, -0.1) is 0 Å². The molecule has 0 radical (unpaired) electrons. The summed E-state index contributed by atoms with van der Waals surface area (Å²) in [5.41, 5.74) is -2.34. The molecule has 0 aromatic carbocycles. The lowest BCUT2D eigenvalue weighted by Crippen LogP contribution is -2.18. The van der Waals surface area contributed by atoms with Crippen LogP contribution in [0, 0.1) is 11.3 Å². The zero-order chi connectivity index (χ0) is 13.3. The zero-order valence-corrected chi connectivity index (χ0v) is 7.89. The second-order valence-electron chi connectivity index (χ2n) is 2.90. The normalized spacial score (nSPS) is 12.3. The minimum Gasteiger partial charge on any atom is -0.228 e. The van der Waals surface area contributed by atoms with Crippen molar-refractivity contribution in [3.05, 3.63) is 23.3 Å². The van der Waals surface area contributed by atoms with Crippen LogP contribution < -0.4 is 0 Å². The first kappa shape index (κ1) is 13.2. The molecule has 9 heteroatoms. The molecule has 0 fully saturated rings. The molecule has 1 rings (SSSR count). The summed E-state index contributed by atoms with van der Waals surface area (Å²) in [4.78, 5) is 5.24. The van der Waals surface area contributed by atoms with Gasteiger partial charge in [-0.1, -0.05) is 0 Å². The van der Waals surface area contributed by atoms with E-state index in [1.54, 1.807) is 0 Å². The van der Waals surface area contributed by atoms with Gasteiger partial charge in [0.05, 0.1) is 18.2 Å². The number of nitriles is 1. The Morgan fingerprint density at radius 1 is 1.06 bits per heavy atom. The molecular weight excluding hydrogens is 252 g/mol. The topological polar surface area (TPSA) is 49.6 Å². The standard InChI is InChI=1S/C8H3F6N3/c9-7(10,11)5-3-4(1-2-15)16-6(17-5)8(12,13)14/h3H,1H2. The maximum absolute atomic E-state index is 12.2. The van der Waals surface area contributed by atoms with E-state index in [1.165, 1.54) is 6.07 Å². The smallest absolute Gasteiger partial charge is 0.228 e. The molecule has 0 saturated carbocycles. The van der Waals surface area contributed by atoms with Crippen LogP contribution in [0.5, 0.6) is 0 Å². The Morgan fingerprint density at radius 2 is 1.65 bits per heavy atom. The Hall–Kier alpha value is -1.85. The zero-order valence-electron chi connectivity index (χ0n) is 7.89. The fourth-order valence-corrected chi connectivity index (χ4v) is 0.941. The molecule has 0 atom stereocenters. The molecule has 1 aromatic heterocycles. The highest BCUT2D eigenvalue weighted by atomic mass is 19.4. The lowest BCUT2D eigenvalue weighted by molar-refractivity contribution is -0.152. The molecule has 92 valence electrons. The number of alkyl halides is 6. The number of halogens is 6. The highest BCUT2D eigenvalue weighted by molar-refractivity contribution is 5.17. The lowest BCUT2D eigenvalue weighted by Gasteiger charge is -2.10. The van der Waals surface area contributed by atoms with Gasteiger partial charge in [-0.05, 0) is 6.07 Å². The van der Waals surface area contributed by atoms with Gasteiger partial charge in [0.25, 0.3) is 0 Å². The maximum Gasteiger partial charge on any atom is 0.451 e. The largest absolute Gasteiger partial charge is 0.451 e. The first-order valence-electron chi connectivity index (χ1n) is 4.04. The van der Waals surface area contributed by atoms with E-state index in [1.807, 2.05) is 0 Å². The van der Waals surface area contributed by atoms with E-state index in [9.17, 15) is 26.3 Å².